The molecular weight excluding hydrogens is 384 g/mol. The minimum absolute atomic E-state index is 0.0798. The summed E-state index contributed by atoms with van der Waals surface area (Å²) in [5, 5.41) is 0.194. The first kappa shape index (κ1) is 23.2. The molecule has 1 aliphatic rings. The van der Waals surface area contributed by atoms with Crippen LogP contribution in [0.25, 0.3) is 0 Å². The van der Waals surface area contributed by atoms with Crippen LogP contribution in [0.15, 0.2) is 24.3 Å². The molecular formula is C22H38O4Si2. The molecule has 158 valence electrons. The highest BCUT2D eigenvalue weighted by Gasteiger charge is 2.46. The van der Waals surface area contributed by atoms with Crippen molar-refractivity contribution >= 4 is 22.6 Å². The molecule has 0 amide bonds. The van der Waals surface area contributed by atoms with Crippen LogP contribution < -0.4 is 4.43 Å². The van der Waals surface area contributed by atoms with Gasteiger partial charge in [0.15, 0.2) is 8.32 Å². The third kappa shape index (κ3) is 4.89. The predicted octanol–water partition coefficient (Wildman–Crippen LogP) is 6.10. The Labute approximate surface area is 173 Å². The summed E-state index contributed by atoms with van der Waals surface area (Å²) >= 11 is 0. The Morgan fingerprint density at radius 1 is 0.964 bits per heavy atom. The molecule has 0 unspecified atom stereocenters. The number of esters is 1. The van der Waals surface area contributed by atoms with Gasteiger partial charge in [-0.1, -0.05) is 53.7 Å². The number of carbonyl (C=O) groups is 1. The molecule has 1 saturated heterocycles. The number of benzene rings is 1. The lowest BCUT2D eigenvalue weighted by Gasteiger charge is -2.39. The van der Waals surface area contributed by atoms with Gasteiger partial charge in [-0.2, -0.15) is 0 Å². The zero-order valence-corrected chi connectivity index (χ0v) is 21.3. The lowest BCUT2D eigenvalue weighted by molar-refractivity contribution is -0.139. The molecule has 0 spiro atoms. The van der Waals surface area contributed by atoms with E-state index in [1.54, 1.807) is 0 Å². The second-order valence-corrected chi connectivity index (χ2v) is 20.4. The van der Waals surface area contributed by atoms with Crippen molar-refractivity contribution in [3.8, 4) is 5.75 Å². The van der Waals surface area contributed by atoms with Gasteiger partial charge in [0.25, 0.3) is 0 Å². The van der Waals surface area contributed by atoms with Crippen LogP contribution in [0.2, 0.25) is 36.3 Å². The van der Waals surface area contributed by atoms with E-state index in [1.165, 1.54) is 0 Å². The summed E-state index contributed by atoms with van der Waals surface area (Å²) in [6.45, 7) is 22.5. The van der Waals surface area contributed by atoms with E-state index in [2.05, 4.69) is 67.7 Å². The van der Waals surface area contributed by atoms with Gasteiger partial charge in [-0.3, -0.25) is 4.79 Å². The van der Waals surface area contributed by atoms with E-state index >= 15 is 0 Å². The average molecular weight is 423 g/mol. The van der Waals surface area contributed by atoms with Crippen LogP contribution in [-0.2, 0) is 14.0 Å². The number of rotatable bonds is 5. The van der Waals surface area contributed by atoms with Crippen LogP contribution in [0.1, 0.15) is 53.0 Å². The monoisotopic (exact) mass is 422 g/mol. The Balaban J connectivity index is 2.29. The number of carbonyl (C=O) groups excluding carboxylic acids is 1. The van der Waals surface area contributed by atoms with Gasteiger partial charge in [0.05, 0.1) is 6.10 Å². The molecule has 1 aromatic carbocycles. The first-order valence-electron chi connectivity index (χ1n) is 10.2. The second-order valence-electron chi connectivity index (χ2n) is 11.0. The zero-order chi connectivity index (χ0) is 21.5. The number of cyclic esters (lactones) is 1. The van der Waals surface area contributed by atoms with Crippen molar-refractivity contribution in [2.75, 3.05) is 6.61 Å². The molecule has 1 heterocycles. The number of hydrogen-bond donors (Lipinski definition) is 0. The van der Waals surface area contributed by atoms with Gasteiger partial charge in [0.1, 0.15) is 18.3 Å². The Kier molecular flexibility index (Phi) is 6.30. The predicted molar refractivity (Wildman–Crippen MR) is 120 cm³/mol. The largest absolute Gasteiger partial charge is 0.543 e. The van der Waals surface area contributed by atoms with Crippen LogP contribution in [0, 0.1) is 0 Å². The second kappa shape index (κ2) is 7.61. The maximum absolute atomic E-state index is 12.6. The topological polar surface area (TPSA) is 44.8 Å². The summed E-state index contributed by atoms with van der Waals surface area (Å²) in [6.07, 6.45) is -0.239. The Hall–Kier alpha value is -1.12. The van der Waals surface area contributed by atoms with Crippen LogP contribution in [-0.4, -0.2) is 35.3 Å². The quantitative estimate of drug-likeness (QED) is 0.425. The van der Waals surface area contributed by atoms with E-state index in [0.717, 1.165) is 11.3 Å². The lowest BCUT2D eigenvalue weighted by atomic mass is 9.95. The summed E-state index contributed by atoms with van der Waals surface area (Å²) in [6, 6.07) is 7.93. The fraction of sp³-hybridized carbons (Fsp3) is 0.682. The molecule has 28 heavy (non-hydrogen) atoms. The van der Waals surface area contributed by atoms with E-state index in [-0.39, 0.29) is 22.1 Å². The third-order valence-corrected chi connectivity index (χ3v) is 15.5. The summed E-state index contributed by atoms with van der Waals surface area (Å²) < 4.78 is 18.4. The molecule has 6 heteroatoms. The maximum atomic E-state index is 12.6. The van der Waals surface area contributed by atoms with Gasteiger partial charge in [-0.05, 0) is 54.0 Å². The number of ether oxygens (including phenoxy) is 1. The number of hydrogen-bond acceptors (Lipinski definition) is 4. The van der Waals surface area contributed by atoms with Crippen LogP contribution in [0.3, 0.4) is 0 Å². The van der Waals surface area contributed by atoms with Gasteiger partial charge in [-0.15, -0.1) is 0 Å². The lowest BCUT2D eigenvalue weighted by Crippen LogP contribution is -2.45. The van der Waals surface area contributed by atoms with Crippen molar-refractivity contribution in [3.63, 3.8) is 0 Å². The van der Waals surface area contributed by atoms with Crippen LogP contribution in [0.4, 0.5) is 0 Å². The van der Waals surface area contributed by atoms with Gasteiger partial charge >= 0.3 is 5.97 Å². The van der Waals surface area contributed by atoms with Gasteiger partial charge in [0.2, 0.25) is 8.32 Å². The molecule has 1 aliphatic heterocycles. The van der Waals surface area contributed by atoms with Crippen molar-refractivity contribution in [3.05, 3.63) is 29.8 Å². The highest BCUT2D eigenvalue weighted by atomic mass is 28.4. The molecule has 0 aromatic heterocycles. The molecule has 4 nitrogen and oxygen atoms in total. The van der Waals surface area contributed by atoms with E-state index < -0.39 is 22.6 Å². The molecule has 1 aromatic rings. The molecule has 0 bridgehead atoms. The molecule has 2 atom stereocenters. The van der Waals surface area contributed by atoms with Crippen molar-refractivity contribution in [2.45, 2.75) is 89.8 Å². The van der Waals surface area contributed by atoms with Crippen LogP contribution in [0.5, 0.6) is 5.75 Å². The Bertz CT molecular complexity index is 714. The fourth-order valence-corrected chi connectivity index (χ4v) is 5.07. The van der Waals surface area contributed by atoms with Crippen molar-refractivity contribution in [1.82, 2.24) is 0 Å². The van der Waals surface area contributed by atoms with Gasteiger partial charge < -0.3 is 13.6 Å². The maximum Gasteiger partial charge on any atom is 0.316 e. The molecule has 0 radical (unpaired) electrons. The summed E-state index contributed by atoms with van der Waals surface area (Å²) in [5.41, 5.74) is 0.919. The smallest absolute Gasteiger partial charge is 0.316 e. The summed E-state index contributed by atoms with van der Waals surface area (Å²) in [4.78, 5) is 12.6. The van der Waals surface area contributed by atoms with E-state index in [1.807, 2.05) is 24.3 Å². The van der Waals surface area contributed by atoms with E-state index in [4.69, 9.17) is 13.6 Å². The van der Waals surface area contributed by atoms with Crippen molar-refractivity contribution in [2.24, 2.45) is 0 Å². The Morgan fingerprint density at radius 2 is 1.54 bits per heavy atom. The van der Waals surface area contributed by atoms with E-state index in [9.17, 15) is 4.79 Å². The minimum atomic E-state index is -2.01. The van der Waals surface area contributed by atoms with Gasteiger partial charge in [-0.25, -0.2) is 0 Å². The SMILES string of the molecule is CC(C)(C)[Si](C)(C)Oc1cccc([C@@H]2C(=O)OC[C@H]2O[Si](C)(C)C(C)(C)C)c1. The van der Waals surface area contributed by atoms with Crippen LogP contribution >= 0.6 is 0 Å². The highest BCUT2D eigenvalue weighted by Crippen LogP contribution is 2.42. The minimum Gasteiger partial charge on any atom is -0.543 e. The average Bonchev–Trinajstić information content (AvgIpc) is 2.84. The Morgan fingerprint density at radius 3 is 2.07 bits per heavy atom. The third-order valence-electron chi connectivity index (χ3n) is 6.66. The zero-order valence-electron chi connectivity index (χ0n) is 19.3. The van der Waals surface area contributed by atoms with Crippen molar-refractivity contribution < 1.29 is 18.4 Å². The molecule has 0 N–H and O–H groups in total. The van der Waals surface area contributed by atoms with Crippen molar-refractivity contribution in [1.29, 1.82) is 0 Å². The fourth-order valence-electron chi connectivity index (χ4n) is 2.73. The first-order valence-corrected chi connectivity index (χ1v) is 16.0. The summed E-state index contributed by atoms with van der Waals surface area (Å²) in [5.74, 6) is 0.236. The molecule has 2 rings (SSSR count). The summed E-state index contributed by atoms with van der Waals surface area (Å²) in [7, 11) is -3.95. The van der Waals surface area contributed by atoms with Gasteiger partial charge in [0, 0.05) is 0 Å². The van der Waals surface area contributed by atoms with E-state index in [0.29, 0.717) is 6.61 Å². The first-order chi connectivity index (χ1) is 12.6. The molecule has 0 saturated carbocycles. The normalized spacial score (nSPS) is 21.6. The molecule has 0 aliphatic carbocycles. The highest BCUT2D eigenvalue weighted by molar-refractivity contribution is 6.75. The standard InChI is InChI=1S/C22H38O4Si2/c1-21(2,3)27(7,8)25-17-13-11-12-16(14-17)19-18(15-24-20(19)23)26-28(9,10)22(4,5)6/h11-14,18-19H,15H2,1-10H3/t18-,19+/m1/s1. The molecule has 1 fully saturated rings.